The van der Waals surface area contributed by atoms with Crippen molar-refractivity contribution < 1.29 is 22.7 Å². The third kappa shape index (κ3) is 4.89. The maximum absolute atomic E-state index is 12.8. The molecular formula is C24H22N2O5S3. The number of thiophene rings is 1. The minimum atomic E-state index is -3.83. The Balaban J connectivity index is 1.70. The van der Waals surface area contributed by atoms with E-state index in [1.165, 1.54) is 23.5 Å². The quantitative estimate of drug-likeness (QED) is 0.339. The van der Waals surface area contributed by atoms with Crippen LogP contribution >= 0.6 is 22.7 Å². The maximum atomic E-state index is 12.8. The Morgan fingerprint density at radius 3 is 2.41 bits per heavy atom. The zero-order valence-corrected chi connectivity index (χ0v) is 21.2. The van der Waals surface area contributed by atoms with Crippen molar-refractivity contribution >= 4 is 59.6 Å². The third-order valence-electron chi connectivity index (χ3n) is 5.07. The Morgan fingerprint density at radius 1 is 1.03 bits per heavy atom. The van der Waals surface area contributed by atoms with Gasteiger partial charge in [0.15, 0.2) is 9.84 Å². The molecule has 4 rings (SSSR count). The number of hydrogen-bond donors (Lipinski definition) is 1. The summed E-state index contributed by atoms with van der Waals surface area (Å²) in [6.45, 7) is 5.55. The van der Waals surface area contributed by atoms with Gasteiger partial charge >= 0.3 is 5.97 Å². The van der Waals surface area contributed by atoms with E-state index in [0.717, 1.165) is 27.1 Å². The first-order valence-electron chi connectivity index (χ1n) is 10.5. The first-order valence-corrected chi connectivity index (χ1v) is 13.7. The molecule has 0 atom stereocenters. The summed E-state index contributed by atoms with van der Waals surface area (Å²) >= 11 is 2.49. The van der Waals surface area contributed by atoms with Gasteiger partial charge in [0.2, 0.25) is 5.91 Å². The Labute approximate surface area is 205 Å². The van der Waals surface area contributed by atoms with E-state index in [4.69, 9.17) is 4.74 Å². The van der Waals surface area contributed by atoms with Crippen LogP contribution in [0.15, 0.2) is 53.4 Å². The second-order valence-corrected chi connectivity index (χ2v) is 11.6. The van der Waals surface area contributed by atoms with Crippen LogP contribution in [0.2, 0.25) is 0 Å². The van der Waals surface area contributed by atoms with Crippen molar-refractivity contribution in [3.05, 3.63) is 64.5 Å². The van der Waals surface area contributed by atoms with Crippen molar-refractivity contribution in [2.24, 2.45) is 0 Å². The number of fused-ring (bicyclic) bond motifs is 1. The molecule has 1 N–H and O–H groups in total. The van der Waals surface area contributed by atoms with Gasteiger partial charge in [0.05, 0.1) is 21.7 Å². The van der Waals surface area contributed by atoms with Crippen molar-refractivity contribution in [3.63, 3.8) is 0 Å². The summed E-state index contributed by atoms with van der Waals surface area (Å²) in [4.78, 5) is 30.4. The highest BCUT2D eigenvalue weighted by Gasteiger charge is 2.27. The van der Waals surface area contributed by atoms with Crippen LogP contribution in [0.5, 0.6) is 0 Å². The van der Waals surface area contributed by atoms with Gasteiger partial charge in [0.1, 0.15) is 20.6 Å². The number of carbonyl (C=O) groups excluding carboxylic acids is 2. The maximum Gasteiger partial charge on any atom is 0.348 e. The van der Waals surface area contributed by atoms with Crippen LogP contribution in [0.1, 0.15) is 27.7 Å². The number of rotatable bonds is 7. The van der Waals surface area contributed by atoms with E-state index in [0.29, 0.717) is 26.0 Å². The smallest absolute Gasteiger partial charge is 0.348 e. The number of nitrogens with zero attached hydrogens (tertiary/aromatic N) is 1. The van der Waals surface area contributed by atoms with Crippen LogP contribution in [0.4, 0.5) is 5.00 Å². The molecule has 0 saturated carbocycles. The molecule has 7 nitrogen and oxygen atoms in total. The Morgan fingerprint density at radius 2 is 1.74 bits per heavy atom. The minimum absolute atomic E-state index is 0.0780. The molecule has 0 fully saturated rings. The molecule has 0 saturated heterocycles. The average molecular weight is 515 g/mol. The lowest BCUT2D eigenvalue weighted by Crippen LogP contribution is -2.22. The van der Waals surface area contributed by atoms with Crippen molar-refractivity contribution in [1.29, 1.82) is 0 Å². The summed E-state index contributed by atoms with van der Waals surface area (Å²) in [7, 11) is -3.83. The number of sulfone groups is 1. The van der Waals surface area contributed by atoms with Gasteiger partial charge in [-0.2, -0.15) is 0 Å². The topological polar surface area (TPSA) is 102 Å². The van der Waals surface area contributed by atoms with E-state index in [-0.39, 0.29) is 11.5 Å². The van der Waals surface area contributed by atoms with Gasteiger partial charge in [-0.3, -0.25) is 4.79 Å². The van der Waals surface area contributed by atoms with Gasteiger partial charge in [-0.1, -0.05) is 29.8 Å². The Bertz CT molecular complexity index is 1450. The van der Waals surface area contributed by atoms with E-state index in [1.54, 1.807) is 26.0 Å². The van der Waals surface area contributed by atoms with Gasteiger partial charge in [0, 0.05) is 5.56 Å². The van der Waals surface area contributed by atoms with Crippen LogP contribution in [-0.4, -0.2) is 37.6 Å². The zero-order chi connectivity index (χ0) is 24.5. The van der Waals surface area contributed by atoms with Crippen LogP contribution in [0, 0.1) is 13.8 Å². The first kappa shape index (κ1) is 24.1. The van der Waals surface area contributed by atoms with E-state index >= 15 is 0 Å². The lowest BCUT2D eigenvalue weighted by molar-refractivity contribution is -0.113. The lowest BCUT2D eigenvalue weighted by atomic mass is 10.1. The molecule has 0 bridgehead atoms. The second kappa shape index (κ2) is 9.65. The normalized spacial score (nSPS) is 11.5. The fraction of sp³-hybridized carbons (Fsp3) is 0.208. The molecule has 34 heavy (non-hydrogen) atoms. The molecule has 0 spiro atoms. The minimum Gasteiger partial charge on any atom is -0.462 e. The van der Waals surface area contributed by atoms with Gasteiger partial charge in [-0.25, -0.2) is 18.2 Å². The standard InChI is InChI=1S/C24H22N2O5S3/c1-4-31-24(28)21-15(3)20(22-25-17-7-5-6-8-18(17)32-22)23(33-21)26-19(27)13-34(29,30)16-11-9-14(2)10-12-16/h5-12H,4,13H2,1-3H3,(H,26,27). The molecule has 2 aromatic carbocycles. The highest BCUT2D eigenvalue weighted by Crippen LogP contribution is 2.43. The lowest BCUT2D eigenvalue weighted by Gasteiger charge is -2.07. The summed E-state index contributed by atoms with van der Waals surface area (Å²) in [5.41, 5.74) is 2.93. The molecule has 176 valence electrons. The fourth-order valence-electron chi connectivity index (χ4n) is 3.39. The summed E-state index contributed by atoms with van der Waals surface area (Å²) in [6, 6.07) is 14.0. The number of amides is 1. The van der Waals surface area contributed by atoms with Crippen molar-refractivity contribution in [3.8, 4) is 10.6 Å². The molecule has 2 aromatic heterocycles. The summed E-state index contributed by atoms with van der Waals surface area (Å²) in [6.07, 6.45) is 0. The number of carbonyl (C=O) groups is 2. The number of nitrogens with one attached hydrogen (secondary N) is 1. The predicted molar refractivity (Wildman–Crippen MR) is 135 cm³/mol. The van der Waals surface area contributed by atoms with Gasteiger partial charge < -0.3 is 10.1 Å². The molecule has 4 aromatic rings. The van der Waals surface area contributed by atoms with Crippen molar-refractivity contribution in [2.75, 3.05) is 17.7 Å². The molecule has 0 unspecified atom stereocenters. The number of hydrogen-bond acceptors (Lipinski definition) is 8. The number of aryl methyl sites for hydroxylation is 1. The van der Waals surface area contributed by atoms with Crippen molar-refractivity contribution in [1.82, 2.24) is 4.98 Å². The Kier molecular flexibility index (Phi) is 6.83. The van der Waals surface area contributed by atoms with Gasteiger partial charge in [-0.15, -0.1) is 22.7 Å². The summed E-state index contributed by atoms with van der Waals surface area (Å²) in [5, 5.41) is 3.70. The number of anilines is 1. The summed E-state index contributed by atoms with van der Waals surface area (Å²) in [5.74, 6) is -1.92. The molecule has 0 aliphatic carbocycles. The molecule has 0 radical (unpaired) electrons. The van der Waals surface area contributed by atoms with Gasteiger partial charge in [0.25, 0.3) is 0 Å². The summed E-state index contributed by atoms with van der Waals surface area (Å²) < 4.78 is 31.6. The van der Waals surface area contributed by atoms with E-state index in [2.05, 4.69) is 10.3 Å². The highest BCUT2D eigenvalue weighted by molar-refractivity contribution is 7.92. The largest absolute Gasteiger partial charge is 0.462 e. The predicted octanol–water partition coefficient (Wildman–Crippen LogP) is 5.23. The average Bonchev–Trinajstić information content (AvgIpc) is 3.34. The number of esters is 1. The fourth-order valence-corrected chi connectivity index (χ4v) is 6.79. The number of thiazole rings is 1. The van der Waals surface area contributed by atoms with Crippen LogP contribution in [0.25, 0.3) is 20.8 Å². The van der Waals surface area contributed by atoms with E-state index < -0.39 is 27.5 Å². The number of ether oxygens (including phenoxy) is 1. The van der Waals surface area contributed by atoms with Crippen LogP contribution in [0.3, 0.4) is 0 Å². The SMILES string of the molecule is CCOC(=O)c1sc(NC(=O)CS(=O)(=O)c2ccc(C)cc2)c(-c2nc3ccccc3s2)c1C. The van der Waals surface area contributed by atoms with Crippen molar-refractivity contribution in [2.45, 2.75) is 25.7 Å². The molecule has 10 heteroatoms. The molecule has 0 aliphatic heterocycles. The van der Waals surface area contributed by atoms with Crippen LogP contribution < -0.4 is 5.32 Å². The number of benzene rings is 2. The van der Waals surface area contributed by atoms with E-state index in [9.17, 15) is 18.0 Å². The molecule has 1 amide bonds. The number of aromatic nitrogens is 1. The van der Waals surface area contributed by atoms with E-state index in [1.807, 2.05) is 31.2 Å². The molecule has 0 aliphatic rings. The second-order valence-electron chi connectivity index (χ2n) is 7.59. The first-order chi connectivity index (χ1) is 16.2. The number of para-hydroxylation sites is 1. The van der Waals surface area contributed by atoms with Gasteiger partial charge in [-0.05, 0) is 50.6 Å². The third-order valence-corrected chi connectivity index (χ3v) is 8.94. The van der Waals surface area contributed by atoms with Crippen LogP contribution in [-0.2, 0) is 19.4 Å². The zero-order valence-electron chi connectivity index (χ0n) is 18.7. The molecular weight excluding hydrogens is 492 g/mol. The Hall–Kier alpha value is -3.08. The highest BCUT2D eigenvalue weighted by atomic mass is 32.2. The monoisotopic (exact) mass is 514 g/mol. The molecule has 2 heterocycles.